The van der Waals surface area contributed by atoms with E-state index in [1.165, 1.54) is 4.90 Å². The molecule has 0 aromatic heterocycles. The molecule has 176 valence electrons. The lowest BCUT2D eigenvalue weighted by molar-refractivity contribution is -0.146. The molecule has 1 rings (SSSR count). The van der Waals surface area contributed by atoms with Gasteiger partial charge in [-0.2, -0.15) is 0 Å². The Kier molecular flexibility index (Phi) is 10.4. The minimum atomic E-state index is -1.39. The minimum absolute atomic E-state index is 0.249. The number of hydrogen-bond donors (Lipinski definition) is 6. The maximum absolute atomic E-state index is 13.2. The molecule has 12 heteroatoms. The quantitative estimate of drug-likeness (QED) is 0.202. The highest BCUT2D eigenvalue weighted by atomic mass is 16.4. The van der Waals surface area contributed by atoms with Gasteiger partial charge < -0.3 is 36.6 Å². The molecule has 1 heterocycles. The molecule has 0 saturated carbocycles. The number of aliphatic carboxylic acids is 2. The third kappa shape index (κ3) is 7.47. The number of rotatable bonds is 12. The van der Waals surface area contributed by atoms with E-state index >= 15 is 0 Å². The third-order valence-electron chi connectivity index (χ3n) is 5.41. The Bertz CT molecular complexity index is 686. The van der Waals surface area contributed by atoms with Gasteiger partial charge in [0, 0.05) is 13.0 Å². The molecule has 0 aromatic rings. The van der Waals surface area contributed by atoms with Crippen molar-refractivity contribution in [3.05, 3.63) is 0 Å². The maximum Gasteiger partial charge on any atom is 0.326 e. The number of carboxylic acids is 2. The Labute approximate surface area is 180 Å². The van der Waals surface area contributed by atoms with Crippen molar-refractivity contribution < 1.29 is 39.3 Å². The van der Waals surface area contributed by atoms with Crippen LogP contribution in [-0.4, -0.2) is 87.2 Å². The fourth-order valence-corrected chi connectivity index (χ4v) is 3.30. The van der Waals surface area contributed by atoms with Crippen LogP contribution >= 0.6 is 0 Å². The molecule has 1 saturated heterocycles. The van der Waals surface area contributed by atoms with E-state index in [1.807, 2.05) is 6.92 Å². The number of hydrogen-bond acceptors (Lipinski definition) is 7. The van der Waals surface area contributed by atoms with Gasteiger partial charge in [0.1, 0.15) is 24.2 Å². The predicted molar refractivity (Wildman–Crippen MR) is 108 cm³/mol. The van der Waals surface area contributed by atoms with Gasteiger partial charge in [-0.15, -0.1) is 0 Å². The van der Waals surface area contributed by atoms with Crippen molar-refractivity contribution in [2.75, 3.05) is 13.2 Å². The molecule has 1 aliphatic rings. The summed E-state index contributed by atoms with van der Waals surface area (Å²) in [5.41, 5.74) is 5.52. The second kappa shape index (κ2) is 12.2. The van der Waals surface area contributed by atoms with E-state index in [2.05, 4.69) is 10.6 Å². The minimum Gasteiger partial charge on any atom is -0.481 e. The SMILES string of the molecule is CCC(C)C(NC(=O)C(N)CO)C(=O)N1CCCC1C(=O)NC(CCC(=O)O)C(=O)O. The third-order valence-corrected chi connectivity index (χ3v) is 5.41. The zero-order valence-electron chi connectivity index (χ0n) is 17.7. The summed E-state index contributed by atoms with van der Waals surface area (Å²) in [7, 11) is 0. The molecule has 0 radical (unpaired) electrons. The van der Waals surface area contributed by atoms with Crippen molar-refractivity contribution in [1.82, 2.24) is 15.5 Å². The van der Waals surface area contributed by atoms with Gasteiger partial charge in [-0.3, -0.25) is 19.2 Å². The molecule has 7 N–H and O–H groups in total. The molecule has 31 heavy (non-hydrogen) atoms. The average molecular weight is 444 g/mol. The summed E-state index contributed by atoms with van der Waals surface area (Å²) in [6.07, 6.45) is 0.639. The van der Waals surface area contributed by atoms with E-state index in [0.29, 0.717) is 19.3 Å². The molecule has 12 nitrogen and oxygen atoms in total. The van der Waals surface area contributed by atoms with Crippen molar-refractivity contribution in [2.24, 2.45) is 11.7 Å². The van der Waals surface area contributed by atoms with Crippen molar-refractivity contribution in [1.29, 1.82) is 0 Å². The van der Waals surface area contributed by atoms with Crippen LogP contribution < -0.4 is 16.4 Å². The van der Waals surface area contributed by atoms with Crippen LogP contribution in [0.3, 0.4) is 0 Å². The fraction of sp³-hybridized carbons (Fsp3) is 0.737. The van der Waals surface area contributed by atoms with Crippen LogP contribution in [0.5, 0.6) is 0 Å². The first-order valence-corrected chi connectivity index (χ1v) is 10.3. The van der Waals surface area contributed by atoms with Gasteiger partial charge in [0.05, 0.1) is 6.61 Å². The first-order valence-electron chi connectivity index (χ1n) is 10.3. The first kappa shape index (κ1) is 26.3. The second-order valence-electron chi connectivity index (χ2n) is 7.68. The number of carbonyl (C=O) groups excluding carboxylic acids is 3. The topological polar surface area (TPSA) is 199 Å². The zero-order valence-corrected chi connectivity index (χ0v) is 17.7. The maximum atomic E-state index is 13.2. The van der Waals surface area contributed by atoms with E-state index < -0.39 is 66.9 Å². The largest absolute Gasteiger partial charge is 0.481 e. The number of likely N-dealkylation sites (tertiary alicyclic amines) is 1. The molecule has 1 fully saturated rings. The Balaban J connectivity index is 2.95. The first-order chi connectivity index (χ1) is 14.5. The van der Waals surface area contributed by atoms with E-state index in [1.54, 1.807) is 6.92 Å². The number of nitrogens with zero attached hydrogens (tertiary/aromatic N) is 1. The number of nitrogens with two attached hydrogens (primary N) is 1. The van der Waals surface area contributed by atoms with Crippen LogP contribution in [0.25, 0.3) is 0 Å². The van der Waals surface area contributed by atoms with Crippen LogP contribution in [0.15, 0.2) is 0 Å². The molecular weight excluding hydrogens is 412 g/mol. The molecule has 5 unspecified atom stereocenters. The normalized spacial score (nSPS) is 19.7. The number of aliphatic hydroxyl groups is 1. The predicted octanol–water partition coefficient (Wildman–Crippen LogP) is -1.74. The van der Waals surface area contributed by atoms with Crippen molar-refractivity contribution in [3.63, 3.8) is 0 Å². The van der Waals surface area contributed by atoms with E-state index in [0.717, 1.165) is 0 Å². The van der Waals surface area contributed by atoms with E-state index in [4.69, 9.17) is 15.9 Å². The second-order valence-corrected chi connectivity index (χ2v) is 7.68. The van der Waals surface area contributed by atoms with Gasteiger partial charge in [-0.1, -0.05) is 20.3 Å². The highest BCUT2D eigenvalue weighted by molar-refractivity contribution is 5.94. The molecule has 0 spiro atoms. The van der Waals surface area contributed by atoms with Crippen molar-refractivity contribution >= 4 is 29.7 Å². The van der Waals surface area contributed by atoms with Gasteiger partial charge >= 0.3 is 11.9 Å². The molecule has 0 aliphatic carbocycles. The Morgan fingerprint density at radius 2 is 1.81 bits per heavy atom. The van der Waals surface area contributed by atoms with Crippen molar-refractivity contribution in [2.45, 2.75) is 70.1 Å². The summed E-state index contributed by atoms with van der Waals surface area (Å²) < 4.78 is 0. The Hall–Kier alpha value is -2.73. The highest BCUT2D eigenvalue weighted by Crippen LogP contribution is 2.22. The van der Waals surface area contributed by atoms with Gasteiger partial charge in [0.2, 0.25) is 17.7 Å². The summed E-state index contributed by atoms with van der Waals surface area (Å²) in [5, 5.41) is 31.9. The van der Waals surface area contributed by atoms with Gasteiger partial charge in [-0.05, 0) is 25.2 Å². The van der Waals surface area contributed by atoms with E-state index in [9.17, 15) is 29.1 Å². The Morgan fingerprint density at radius 1 is 1.16 bits per heavy atom. The summed E-state index contributed by atoms with van der Waals surface area (Å²) in [6.45, 7) is 3.25. The molecule has 5 atom stereocenters. The fourth-order valence-electron chi connectivity index (χ4n) is 3.30. The standard InChI is InChI=1S/C19H32N4O8/c1-3-10(2)15(22-16(27)11(20)9-24)18(29)23-8-4-5-13(23)17(28)21-12(19(30)31)6-7-14(25)26/h10-13,15,24H,3-9,20H2,1-2H3,(H,21,28)(H,22,27)(H,25,26)(H,30,31). The van der Waals surface area contributed by atoms with Crippen LogP contribution in [0.2, 0.25) is 0 Å². The number of carbonyl (C=O) groups is 5. The Morgan fingerprint density at radius 3 is 2.32 bits per heavy atom. The lowest BCUT2D eigenvalue weighted by Crippen LogP contribution is -2.58. The molecule has 1 aliphatic heterocycles. The van der Waals surface area contributed by atoms with Gasteiger partial charge in [0.15, 0.2) is 0 Å². The lowest BCUT2D eigenvalue weighted by Gasteiger charge is -2.32. The highest BCUT2D eigenvalue weighted by Gasteiger charge is 2.40. The summed E-state index contributed by atoms with van der Waals surface area (Å²) in [6, 6.07) is -4.49. The van der Waals surface area contributed by atoms with Crippen LogP contribution in [0.1, 0.15) is 46.0 Å². The monoisotopic (exact) mass is 444 g/mol. The number of aliphatic hydroxyl groups excluding tert-OH is 1. The summed E-state index contributed by atoms with van der Waals surface area (Å²) in [5.74, 6) is -4.72. The van der Waals surface area contributed by atoms with Crippen LogP contribution in [0.4, 0.5) is 0 Å². The summed E-state index contributed by atoms with van der Waals surface area (Å²) >= 11 is 0. The van der Waals surface area contributed by atoms with Gasteiger partial charge in [0.25, 0.3) is 0 Å². The van der Waals surface area contributed by atoms with Gasteiger partial charge in [-0.25, -0.2) is 4.79 Å². The molecule has 0 bridgehead atoms. The molecule has 0 aromatic carbocycles. The molecular formula is C19H32N4O8. The number of amides is 3. The smallest absolute Gasteiger partial charge is 0.326 e. The number of nitrogens with one attached hydrogen (secondary N) is 2. The van der Waals surface area contributed by atoms with Crippen LogP contribution in [-0.2, 0) is 24.0 Å². The lowest BCUT2D eigenvalue weighted by atomic mass is 9.97. The van der Waals surface area contributed by atoms with Crippen LogP contribution in [0, 0.1) is 5.92 Å². The van der Waals surface area contributed by atoms with Crippen molar-refractivity contribution in [3.8, 4) is 0 Å². The number of carboxylic acid groups (broad SMARTS) is 2. The summed E-state index contributed by atoms with van der Waals surface area (Å²) in [4.78, 5) is 61.4. The zero-order chi connectivity index (χ0) is 23.7. The molecule has 3 amide bonds. The average Bonchev–Trinajstić information content (AvgIpc) is 3.22. The van der Waals surface area contributed by atoms with E-state index in [-0.39, 0.29) is 18.9 Å².